The Morgan fingerprint density at radius 3 is 1.91 bits per heavy atom. The first-order valence-electron chi connectivity index (χ1n) is 9.92. The van der Waals surface area contributed by atoms with Crippen LogP contribution in [0.5, 0.6) is 0 Å². The number of primary amides is 1. The maximum Gasteiger partial charge on any atom is 0.404 e. The van der Waals surface area contributed by atoms with Crippen molar-refractivity contribution in [1.82, 2.24) is 0 Å². The van der Waals surface area contributed by atoms with Gasteiger partial charge < -0.3 is 71.3 Å². The summed E-state index contributed by atoms with van der Waals surface area (Å²) in [6, 6.07) is 0. The van der Waals surface area contributed by atoms with Crippen molar-refractivity contribution in [2.45, 2.75) is 66.6 Å². The second kappa shape index (κ2) is 11.3. The first-order chi connectivity index (χ1) is 15.0. The largest absolute Gasteiger partial charge is 0.441 e. The van der Waals surface area contributed by atoms with Gasteiger partial charge in [0.25, 0.3) is 0 Å². The summed E-state index contributed by atoms with van der Waals surface area (Å²) in [5, 5.41) is 82.3. The van der Waals surface area contributed by atoms with E-state index in [-0.39, 0.29) is 13.2 Å². The van der Waals surface area contributed by atoms with Crippen LogP contribution in [0.4, 0.5) is 4.79 Å². The molecule has 2 rings (SSSR count). The van der Waals surface area contributed by atoms with E-state index in [0.29, 0.717) is 0 Å². The predicted octanol–water partition coefficient (Wildman–Crippen LogP) is -6.52. The van der Waals surface area contributed by atoms with Crippen LogP contribution in [0.3, 0.4) is 0 Å². The topological polar surface area (TPSA) is 268 Å². The van der Waals surface area contributed by atoms with Gasteiger partial charge in [0.1, 0.15) is 60.5 Å². The molecule has 0 aromatic heterocycles. The molecule has 32 heavy (non-hydrogen) atoms. The summed E-state index contributed by atoms with van der Waals surface area (Å²) in [7, 11) is 0. The van der Waals surface area contributed by atoms with Crippen LogP contribution in [0.1, 0.15) is 0 Å². The van der Waals surface area contributed by atoms with E-state index < -0.39 is 92.6 Å². The Morgan fingerprint density at radius 2 is 1.41 bits per heavy atom. The van der Waals surface area contributed by atoms with Crippen LogP contribution >= 0.6 is 0 Å². The molecule has 0 bridgehead atoms. The highest BCUT2D eigenvalue weighted by atomic mass is 16.6. The van der Waals surface area contributed by atoms with Gasteiger partial charge in [-0.3, -0.25) is 0 Å². The second-order valence-electron chi connectivity index (χ2n) is 7.74. The standard InChI is InChI=1S/C17H32N2O13/c18-1-2-29-5-17(28,14-11(25)10(24)8(22)6(3-20)30-14)15-12(26)13(32-16(19)27)9(23)7(4-21)31-15/h6-15,20-26,28H,1-5,18H2,(H2,19,27)/t6-,7+,8+,9+,10-,11-,12-,13+,14?,15-,17?/m0/s1. The summed E-state index contributed by atoms with van der Waals surface area (Å²) >= 11 is 0. The van der Waals surface area contributed by atoms with E-state index in [2.05, 4.69) is 0 Å². The van der Waals surface area contributed by atoms with Gasteiger partial charge in [-0.1, -0.05) is 0 Å². The summed E-state index contributed by atoms with van der Waals surface area (Å²) in [6.07, 6.45) is -19.1. The van der Waals surface area contributed by atoms with E-state index in [1.54, 1.807) is 0 Å². The number of hydrogen-bond donors (Lipinski definition) is 10. The van der Waals surface area contributed by atoms with Crippen molar-refractivity contribution < 1.29 is 64.6 Å². The van der Waals surface area contributed by atoms with Gasteiger partial charge in [-0.25, -0.2) is 4.79 Å². The lowest BCUT2D eigenvalue weighted by molar-refractivity contribution is -0.330. The van der Waals surface area contributed by atoms with E-state index in [9.17, 15) is 45.6 Å². The maximum absolute atomic E-state index is 11.6. The molecule has 0 aliphatic carbocycles. The monoisotopic (exact) mass is 472 g/mol. The van der Waals surface area contributed by atoms with Gasteiger partial charge in [-0.2, -0.15) is 0 Å². The van der Waals surface area contributed by atoms with Crippen LogP contribution in [-0.2, 0) is 18.9 Å². The molecule has 12 N–H and O–H groups in total. The molecule has 15 heteroatoms. The molecule has 0 saturated carbocycles. The smallest absolute Gasteiger partial charge is 0.404 e. The fraction of sp³-hybridized carbons (Fsp3) is 0.941. The molecule has 11 atom stereocenters. The number of amides is 1. The van der Waals surface area contributed by atoms with Crippen LogP contribution in [0.15, 0.2) is 0 Å². The zero-order chi connectivity index (χ0) is 24.2. The molecule has 2 aliphatic heterocycles. The number of carbonyl (C=O) groups is 1. The predicted molar refractivity (Wildman–Crippen MR) is 101 cm³/mol. The SMILES string of the molecule is NCCOCC(O)(C1O[C@@H](CO)[C@@H](O)[C@H](O)[C@@H]1O)[C@H]1O[C@H](CO)[C@@H](O)[C@@H](OC(N)=O)[C@@H]1O. The molecule has 0 aromatic carbocycles. The van der Waals surface area contributed by atoms with E-state index in [0.717, 1.165) is 0 Å². The van der Waals surface area contributed by atoms with Crippen molar-refractivity contribution in [2.75, 3.05) is 33.0 Å². The highest BCUT2D eigenvalue weighted by Crippen LogP contribution is 2.37. The Hall–Kier alpha value is -1.21. The zero-order valence-corrected chi connectivity index (χ0v) is 17.1. The van der Waals surface area contributed by atoms with Gasteiger partial charge >= 0.3 is 6.09 Å². The summed E-state index contributed by atoms with van der Waals surface area (Å²) < 4.78 is 20.9. The highest BCUT2D eigenvalue weighted by molar-refractivity contribution is 5.65. The van der Waals surface area contributed by atoms with Crippen LogP contribution in [-0.4, -0.2) is 147 Å². The molecule has 1 amide bonds. The molecule has 0 radical (unpaired) electrons. The van der Waals surface area contributed by atoms with Crippen LogP contribution in [0.25, 0.3) is 0 Å². The third-order valence-corrected chi connectivity index (χ3v) is 5.59. The molecule has 0 spiro atoms. The van der Waals surface area contributed by atoms with Crippen molar-refractivity contribution >= 4 is 6.09 Å². The maximum atomic E-state index is 11.6. The molecule has 2 unspecified atom stereocenters. The van der Waals surface area contributed by atoms with E-state index in [1.807, 2.05) is 0 Å². The van der Waals surface area contributed by atoms with E-state index >= 15 is 0 Å². The van der Waals surface area contributed by atoms with E-state index in [4.69, 9.17) is 30.4 Å². The summed E-state index contributed by atoms with van der Waals surface area (Å²) in [6.45, 7) is -2.45. The lowest BCUT2D eigenvalue weighted by atomic mass is 9.77. The first kappa shape index (κ1) is 27.0. The number of hydrogen-bond acceptors (Lipinski definition) is 14. The van der Waals surface area contributed by atoms with Crippen LogP contribution in [0.2, 0.25) is 0 Å². The number of rotatable bonds is 9. The molecule has 0 aromatic rings. The van der Waals surface area contributed by atoms with Crippen LogP contribution in [0, 0.1) is 0 Å². The van der Waals surface area contributed by atoms with Gasteiger partial charge in [0, 0.05) is 6.54 Å². The molecule has 2 fully saturated rings. The highest BCUT2D eigenvalue weighted by Gasteiger charge is 2.61. The lowest BCUT2D eigenvalue weighted by Crippen LogP contribution is -2.75. The summed E-state index contributed by atoms with van der Waals surface area (Å²) in [5.41, 5.74) is 7.81. The third-order valence-electron chi connectivity index (χ3n) is 5.59. The number of nitrogens with two attached hydrogens (primary N) is 2. The number of ether oxygens (including phenoxy) is 4. The van der Waals surface area contributed by atoms with Crippen molar-refractivity contribution in [3.8, 4) is 0 Å². The minimum atomic E-state index is -2.55. The molecule has 188 valence electrons. The van der Waals surface area contributed by atoms with E-state index in [1.165, 1.54) is 0 Å². The molecular formula is C17H32N2O13. The average Bonchev–Trinajstić information content (AvgIpc) is 2.75. The fourth-order valence-electron chi connectivity index (χ4n) is 3.93. The average molecular weight is 472 g/mol. The molecule has 2 aliphatic rings. The Kier molecular flexibility index (Phi) is 9.53. The molecular weight excluding hydrogens is 440 g/mol. The lowest BCUT2D eigenvalue weighted by Gasteiger charge is -2.53. The number of aliphatic hydroxyl groups excluding tert-OH is 7. The third kappa shape index (κ3) is 5.30. The minimum Gasteiger partial charge on any atom is -0.441 e. The molecule has 2 saturated heterocycles. The van der Waals surface area contributed by atoms with Gasteiger partial charge in [-0.15, -0.1) is 0 Å². The molecule has 2 heterocycles. The van der Waals surface area contributed by atoms with Crippen molar-refractivity contribution in [3.05, 3.63) is 0 Å². The van der Waals surface area contributed by atoms with Gasteiger partial charge in [0.2, 0.25) is 0 Å². The number of aliphatic hydroxyl groups is 8. The zero-order valence-electron chi connectivity index (χ0n) is 17.1. The number of carbonyl (C=O) groups excluding carboxylic acids is 1. The quantitative estimate of drug-likeness (QED) is 0.140. The van der Waals surface area contributed by atoms with Gasteiger partial charge in [-0.05, 0) is 0 Å². The Morgan fingerprint density at radius 1 is 0.875 bits per heavy atom. The van der Waals surface area contributed by atoms with Crippen molar-refractivity contribution in [1.29, 1.82) is 0 Å². The fourth-order valence-corrected chi connectivity index (χ4v) is 3.93. The summed E-state index contributed by atoms with van der Waals surface area (Å²) in [4.78, 5) is 11.3. The Bertz CT molecular complexity index is 613. The van der Waals surface area contributed by atoms with Gasteiger partial charge in [0.15, 0.2) is 6.10 Å². The summed E-state index contributed by atoms with van der Waals surface area (Å²) in [5.74, 6) is 0. The first-order valence-corrected chi connectivity index (χ1v) is 9.92. The van der Waals surface area contributed by atoms with Crippen molar-refractivity contribution in [2.24, 2.45) is 11.5 Å². The normalized spacial score (nSPS) is 42.3. The molecule has 15 nitrogen and oxygen atoms in total. The van der Waals surface area contributed by atoms with Gasteiger partial charge in [0.05, 0.1) is 26.4 Å². The van der Waals surface area contributed by atoms with Crippen LogP contribution < -0.4 is 11.5 Å². The Balaban J connectivity index is 2.47. The van der Waals surface area contributed by atoms with Crippen molar-refractivity contribution in [3.63, 3.8) is 0 Å². The second-order valence-corrected chi connectivity index (χ2v) is 7.74. The minimum absolute atomic E-state index is 0.0181. The Labute approximate surface area is 182 Å².